The minimum atomic E-state index is -0.774. The van der Waals surface area contributed by atoms with Crippen LogP contribution >= 0.6 is 34.5 Å². The van der Waals surface area contributed by atoms with Crippen molar-refractivity contribution in [1.29, 1.82) is 5.26 Å². The number of aliphatic hydroxyl groups excluding tert-OH is 1. The van der Waals surface area contributed by atoms with E-state index in [0.717, 1.165) is 73.4 Å². The number of amides is 3. The predicted molar refractivity (Wildman–Crippen MR) is 287 cm³/mol. The fourth-order valence-electron chi connectivity index (χ4n) is 9.35. The van der Waals surface area contributed by atoms with Crippen LogP contribution in [0.15, 0.2) is 60.2 Å². The number of pyridine rings is 1. The smallest absolute Gasteiger partial charge is 0.243 e. The standard InChI is InChI=1S/C54H67Cl2N9O7S/c1-34-50(73-33-61-34)36-15-13-35(14-16-36)30-60-52(68)44-24-38(66)32-65(44)53(69)51(54(2,3)4)58-17-10-8-7-9-12-48(67)64-21-19-63(20-22-64)18-11-23-72-47-27-42-39(25-46(47)71-6)49(37(29-57)31-59-42)62-43-28-45(70-5)41(56)26-40(43)55/h13-16,25-28,31,33,38,44,51,58,66H,7-12,17-24,30,32H2,1-6H3,(H,59,62)(H,60,68)/t38?,44?,51-/m1/s1. The van der Waals surface area contributed by atoms with Gasteiger partial charge in [0.1, 0.15) is 17.9 Å². The van der Waals surface area contributed by atoms with Gasteiger partial charge < -0.3 is 45.1 Å². The zero-order valence-corrected chi connectivity index (χ0v) is 44.9. The number of carbonyl (C=O) groups excluding carboxylic acids is 3. The molecule has 2 saturated heterocycles. The highest BCUT2D eigenvalue weighted by Crippen LogP contribution is 2.41. The number of aliphatic hydroxyl groups is 1. The number of anilines is 2. The highest BCUT2D eigenvalue weighted by atomic mass is 35.5. The summed E-state index contributed by atoms with van der Waals surface area (Å²) < 4.78 is 17.3. The summed E-state index contributed by atoms with van der Waals surface area (Å²) in [6.07, 6.45) is 5.65. The number of carbonyl (C=O) groups is 3. The molecule has 390 valence electrons. The molecular weight excluding hydrogens is 990 g/mol. The molecule has 73 heavy (non-hydrogen) atoms. The van der Waals surface area contributed by atoms with Gasteiger partial charge in [-0.3, -0.25) is 24.3 Å². The van der Waals surface area contributed by atoms with Crippen LogP contribution in [0.3, 0.4) is 0 Å². The normalized spacial score (nSPS) is 16.5. The Bertz CT molecular complexity index is 2760. The van der Waals surface area contributed by atoms with Gasteiger partial charge in [0.25, 0.3) is 0 Å². The number of nitriles is 1. The van der Waals surface area contributed by atoms with Crippen molar-refractivity contribution < 1.29 is 33.7 Å². The van der Waals surface area contributed by atoms with Gasteiger partial charge in [0.2, 0.25) is 17.7 Å². The van der Waals surface area contributed by atoms with Gasteiger partial charge in [-0.15, -0.1) is 11.3 Å². The Balaban J connectivity index is 0.791. The second kappa shape index (κ2) is 25.5. The van der Waals surface area contributed by atoms with E-state index >= 15 is 0 Å². The fraction of sp³-hybridized carbons (Fsp3) is 0.481. The van der Waals surface area contributed by atoms with Crippen molar-refractivity contribution in [3.8, 4) is 33.8 Å². The second-order valence-corrected chi connectivity index (χ2v) is 21.4. The molecule has 0 bridgehead atoms. The maximum atomic E-state index is 14.1. The number of methoxy groups -OCH3 is 2. The molecule has 2 unspecified atom stereocenters. The lowest BCUT2D eigenvalue weighted by Gasteiger charge is -2.35. The van der Waals surface area contributed by atoms with Gasteiger partial charge in [-0.25, -0.2) is 4.98 Å². The predicted octanol–water partition coefficient (Wildman–Crippen LogP) is 8.75. The SMILES string of the molecule is COc1cc(Nc2c(C#N)cnc3cc(OCCCN4CCN(C(=O)CCCCCCN[C@H](C(=O)N5CC(O)CC5C(=O)NCc5ccc(-c6scnc6C)cc5)C(C)(C)C)CC4)c(OC)cc23)c(Cl)cc1Cl. The summed E-state index contributed by atoms with van der Waals surface area (Å²) in [6.45, 7) is 13.3. The number of fused-ring (bicyclic) bond motifs is 1. The van der Waals surface area contributed by atoms with Crippen molar-refractivity contribution >= 4 is 74.5 Å². The van der Waals surface area contributed by atoms with E-state index in [9.17, 15) is 24.8 Å². The van der Waals surface area contributed by atoms with Crippen LogP contribution in [0.5, 0.6) is 17.2 Å². The summed E-state index contributed by atoms with van der Waals surface area (Å²) in [7, 11) is 3.08. The largest absolute Gasteiger partial charge is 0.495 e. The number of unbranched alkanes of at least 4 members (excludes halogenated alkanes) is 3. The van der Waals surface area contributed by atoms with Gasteiger partial charge in [-0.1, -0.05) is 81.1 Å². The van der Waals surface area contributed by atoms with Crippen LogP contribution in [0, 0.1) is 23.7 Å². The maximum absolute atomic E-state index is 14.1. The Hall–Kier alpha value is -5.74. The number of ether oxygens (including phenoxy) is 3. The van der Waals surface area contributed by atoms with Crippen LogP contribution in [0.25, 0.3) is 21.3 Å². The molecule has 2 fully saturated rings. The molecule has 3 atom stereocenters. The molecule has 2 aliphatic rings. The van der Waals surface area contributed by atoms with Gasteiger partial charge in [0, 0.05) is 82.4 Å². The highest BCUT2D eigenvalue weighted by Gasteiger charge is 2.43. The van der Waals surface area contributed by atoms with Gasteiger partial charge >= 0.3 is 0 Å². The minimum absolute atomic E-state index is 0.114. The zero-order chi connectivity index (χ0) is 52.2. The molecule has 16 nitrogen and oxygen atoms in total. The average Bonchev–Trinajstić information content (AvgIpc) is 4.00. The first-order valence-corrected chi connectivity index (χ1v) is 26.5. The molecule has 0 radical (unpaired) electrons. The molecule has 2 aromatic heterocycles. The third kappa shape index (κ3) is 14.1. The molecule has 0 saturated carbocycles. The highest BCUT2D eigenvalue weighted by molar-refractivity contribution is 7.13. The van der Waals surface area contributed by atoms with E-state index in [-0.39, 0.29) is 30.7 Å². The summed E-state index contributed by atoms with van der Waals surface area (Å²) in [5.41, 5.74) is 6.33. The Kier molecular flexibility index (Phi) is 19.2. The molecule has 3 amide bonds. The minimum Gasteiger partial charge on any atom is -0.495 e. The van der Waals surface area contributed by atoms with Gasteiger partial charge in [-0.2, -0.15) is 5.26 Å². The van der Waals surface area contributed by atoms with Crippen LogP contribution in [0.2, 0.25) is 10.0 Å². The Labute approximate surface area is 442 Å². The lowest BCUT2D eigenvalue weighted by Crippen LogP contribution is -2.56. The third-order valence-electron chi connectivity index (χ3n) is 13.4. The van der Waals surface area contributed by atoms with E-state index in [1.54, 1.807) is 47.6 Å². The Morgan fingerprint density at radius 1 is 0.932 bits per heavy atom. The van der Waals surface area contributed by atoms with Crippen LogP contribution in [-0.2, 0) is 20.9 Å². The molecule has 0 spiro atoms. The number of β-amino-alcohol motifs (C(OH)–C–C–N with tert-alkyl or cyclic N) is 1. The molecular formula is C54H67Cl2N9O7S. The van der Waals surface area contributed by atoms with E-state index in [2.05, 4.69) is 36.9 Å². The maximum Gasteiger partial charge on any atom is 0.243 e. The van der Waals surface area contributed by atoms with E-state index in [1.807, 2.05) is 62.4 Å². The number of rotatable bonds is 22. The lowest BCUT2D eigenvalue weighted by molar-refractivity contribution is -0.142. The monoisotopic (exact) mass is 1060 g/mol. The van der Waals surface area contributed by atoms with Crippen molar-refractivity contribution in [2.75, 3.05) is 72.0 Å². The first kappa shape index (κ1) is 55.0. The lowest BCUT2D eigenvalue weighted by atomic mass is 9.85. The summed E-state index contributed by atoms with van der Waals surface area (Å²) in [5.74, 6) is 1.18. The van der Waals surface area contributed by atoms with Crippen molar-refractivity contribution in [2.24, 2.45) is 5.41 Å². The number of likely N-dealkylation sites (tertiary alicyclic amines) is 1. The molecule has 2 aliphatic heterocycles. The van der Waals surface area contributed by atoms with Crippen LogP contribution in [-0.4, -0.2) is 132 Å². The van der Waals surface area contributed by atoms with Crippen molar-refractivity contribution in [2.45, 2.75) is 97.4 Å². The number of hydrogen-bond donors (Lipinski definition) is 4. The molecule has 7 rings (SSSR count). The quantitative estimate of drug-likeness (QED) is 0.0481. The van der Waals surface area contributed by atoms with Crippen molar-refractivity contribution in [3.63, 3.8) is 0 Å². The zero-order valence-electron chi connectivity index (χ0n) is 42.6. The van der Waals surface area contributed by atoms with Crippen LogP contribution in [0.1, 0.15) is 82.5 Å². The summed E-state index contributed by atoms with van der Waals surface area (Å²) in [5, 5.41) is 31.7. The number of benzene rings is 3. The van der Waals surface area contributed by atoms with Crippen LogP contribution in [0.4, 0.5) is 11.4 Å². The molecule has 5 aromatic rings. The second-order valence-electron chi connectivity index (χ2n) is 19.7. The number of piperazine rings is 1. The fourth-order valence-corrected chi connectivity index (χ4v) is 10.7. The number of nitrogens with zero attached hydrogens (tertiary/aromatic N) is 6. The van der Waals surface area contributed by atoms with Crippen molar-refractivity contribution in [1.82, 2.24) is 35.3 Å². The van der Waals surface area contributed by atoms with E-state index in [1.165, 1.54) is 13.3 Å². The van der Waals surface area contributed by atoms with Crippen LogP contribution < -0.4 is 30.2 Å². The van der Waals surface area contributed by atoms with Gasteiger partial charge in [0.05, 0.1) is 81.6 Å². The van der Waals surface area contributed by atoms with Crippen molar-refractivity contribution in [3.05, 3.63) is 87.1 Å². The summed E-state index contributed by atoms with van der Waals surface area (Å²) >= 11 is 14.4. The number of nitrogens with one attached hydrogen (secondary N) is 3. The summed E-state index contributed by atoms with van der Waals surface area (Å²) in [6, 6.07) is 15.8. The number of halogens is 2. The topological polar surface area (TPSA) is 195 Å². The first-order chi connectivity index (χ1) is 35.1. The molecule has 19 heteroatoms. The Morgan fingerprint density at radius 2 is 1.67 bits per heavy atom. The van der Waals surface area contributed by atoms with E-state index < -0.39 is 23.6 Å². The van der Waals surface area contributed by atoms with Gasteiger partial charge in [0.15, 0.2) is 11.5 Å². The van der Waals surface area contributed by atoms with E-state index in [0.29, 0.717) is 94.3 Å². The average molecular weight is 1060 g/mol. The number of aryl methyl sites for hydroxylation is 1. The number of aromatic nitrogens is 2. The number of hydrogen-bond acceptors (Lipinski definition) is 14. The molecule has 0 aliphatic carbocycles. The molecule has 4 N–H and O–H groups in total. The van der Waals surface area contributed by atoms with E-state index in [4.69, 9.17) is 37.4 Å². The molecule has 4 heterocycles. The first-order valence-electron chi connectivity index (χ1n) is 24.9. The van der Waals surface area contributed by atoms with Gasteiger partial charge in [-0.05, 0) is 61.4 Å². The Morgan fingerprint density at radius 3 is 2.36 bits per heavy atom. The number of thiazole rings is 1. The third-order valence-corrected chi connectivity index (χ3v) is 15.0. The summed E-state index contributed by atoms with van der Waals surface area (Å²) in [4.78, 5) is 56.6. The molecule has 3 aromatic carbocycles.